The molecule has 0 amide bonds. The number of rotatable bonds is 6. The Kier molecular flexibility index (Phi) is 8.50. The molecule has 2 heterocycles. The third-order valence-corrected chi connectivity index (χ3v) is 4.52. The number of hydrogen-bond acceptors (Lipinski definition) is 3. The molecule has 7 heteroatoms. The van der Waals surface area contributed by atoms with Gasteiger partial charge in [-0.3, -0.25) is 4.99 Å². The zero-order valence-electron chi connectivity index (χ0n) is 12.4. The molecule has 1 atom stereocenters. The molecule has 0 aliphatic carbocycles. The van der Waals surface area contributed by atoms with Crippen LogP contribution in [0.4, 0.5) is 0 Å². The first kappa shape index (κ1) is 18.6. The molecule has 1 aromatic heterocycles. The highest BCUT2D eigenvalue weighted by Gasteiger charge is 2.31. The molecule has 0 spiro atoms. The zero-order chi connectivity index (χ0) is 14.3. The van der Waals surface area contributed by atoms with Crippen molar-refractivity contribution >= 4 is 41.7 Å². The fourth-order valence-electron chi connectivity index (χ4n) is 2.11. The number of aromatic nitrogens is 1. The first-order valence-corrected chi connectivity index (χ1v) is 8.30. The van der Waals surface area contributed by atoms with Gasteiger partial charge in [0.25, 0.3) is 0 Å². The minimum Gasteiger partial charge on any atom is -0.387 e. The largest absolute Gasteiger partial charge is 0.387 e. The monoisotopic (exact) mass is 424 g/mol. The van der Waals surface area contributed by atoms with E-state index in [2.05, 4.69) is 20.2 Å². The van der Waals surface area contributed by atoms with Crippen LogP contribution in [0, 0.1) is 0 Å². The molecule has 21 heavy (non-hydrogen) atoms. The number of aliphatic imine (C=N–C) groups is 1. The van der Waals surface area contributed by atoms with E-state index in [1.54, 1.807) is 11.8 Å². The molecule has 2 rings (SSSR count). The molecular formula is C14H25IN4OS. The van der Waals surface area contributed by atoms with E-state index in [9.17, 15) is 5.11 Å². The number of hydrogen-bond donors (Lipinski definition) is 3. The molecule has 1 saturated heterocycles. The van der Waals surface area contributed by atoms with Gasteiger partial charge in [0, 0.05) is 37.8 Å². The van der Waals surface area contributed by atoms with Crippen molar-refractivity contribution in [3.8, 4) is 0 Å². The van der Waals surface area contributed by atoms with Gasteiger partial charge in [-0.1, -0.05) is 0 Å². The lowest BCUT2D eigenvalue weighted by Gasteiger charge is -2.19. The third kappa shape index (κ3) is 6.48. The lowest BCUT2D eigenvalue weighted by Crippen LogP contribution is -2.41. The van der Waals surface area contributed by atoms with Crippen molar-refractivity contribution in [3.05, 3.63) is 24.5 Å². The van der Waals surface area contributed by atoms with Gasteiger partial charge in [0.1, 0.15) is 0 Å². The van der Waals surface area contributed by atoms with Crippen LogP contribution in [0.2, 0.25) is 0 Å². The smallest absolute Gasteiger partial charge is 0.191 e. The van der Waals surface area contributed by atoms with E-state index < -0.39 is 5.60 Å². The maximum absolute atomic E-state index is 10.3. The molecule has 1 aliphatic rings. The van der Waals surface area contributed by atoms with E-state index in [1.807, 2.05) is 31.5 Å². The molecule has 1 unspecified atom stereocenters. The summed E-state index contributed by atoms with van der Waals surface area (Å²) in [4.78, 5) is 4.51. The van der Waals surface area contributed by atoms with Crippen LogP contribution < -0.4 is 10.6 Å². The molecule has 1 fully saturated rings. The van der Waals surface area contributed by atoms with Crippen molar-refractivity contribution in [2.45, 2.75) is 25.5 Å². The SMILES string of the molecule is CCNC(=NCC1(O)CCSC1)NCCn1cccc1.I. The maximum Gasteiger partial charge on any atom is 0.191 e. The standard InChI is InChI=1S/C14H24N4OS.HI/c1-2-15-13(16-6-9-18-7-3-4-8-18)17-11-14(19)5-10-20-12-14;/h3-4,7-8,19H,2,5-6,9-12H2,1H3,(H2,15,16,17);1H. The lowest BCUT2D eigenvalue weighted by molar-refractivity contribution is 0.0778. The van der Waals surface area contributed by atoms with Gasteiger partial charge >= 0.3 is 0 Å². The Bertz CT molecular complexity index is 419. The highest BCUT2D eigenvalue weighted by atomic mass is 127. The van der Waals surface area contributed by atoms with Crippen LogP contribution in [0.1, 0.15) is 13.3 Å². The second-order valence-corrected chi connectivity index (χ2v) is 6.17. The summed E-state index contributed by atoms with van der Waals surface area (Å²) in [6.45, 7) is 5.05. The summed E-state index contributed by atoms with van der Waals surface area (Å²) in [6, 6.07) is 4.04. The Labute approximate surface area is 148 Å². The number of nitrogens with one attached hydrogen (secondary N) is 2. The van der Waals surface area contributed by atoms with E-state index in [1.165, 1.54) is 0 Å². The van der Waals surface area contributed by atoms with Crippen LogP contribution in [-0.2, 0) is 6.54 Å². The summed E-state index contributed by atoms with van der Waals surface area (Å²) >= 11 is 1.80. The normalized spacial score (nSPS) is 21.9. The molecule has 5 nitrogen and oxygen atoms in total. The van der Waals surface area contributed by atoms with Crippen LogP contribution in [-0.4, -0.2) is 52.4 Å². The van der Waals surface area contributed by atoms with Gasteiger partial charge in [-0.05, 0) is 31.2 Å². The number of aliphatic hydroxyl groups is 1. The van der Waals surface area contributed by atoms with Crippen LogP contribution >= 0.6 is 35.7 Å². The average molecular weight is 424 g/mol. The Morgan fingerprint density at radius 3 is 2.76 bits per heavy atom. The van der Waals surface area contributed by atoms with Gasteiger partial charge in [-0.15, -0.1) is 24.0 Å². The van der Waals surface area contributed by atoms with E-state index in [0.29, 0.717) is 6.54 Å². The van der Waals surface area contributed by atoms with Crippen molar-refractivity contribution in [2.24, 2.45) is 4.99 Å². The van der Waals surface area contributed by atoms with Crippen LogP contribution in [0.15, 0.2) is 29.5 Å². The Hall–Kier alpha value is -0.410. The fourth-order valence-corrected chi connectivity index (χ4v) is 3.40. The molecule has 0 radical (unpaired) electrons. The summed E-state index contributed by atoms with van der Waals surface area (Å²) in [5.41, 5.74) is -0.618. The Morgan fingerprint density at radius 2 is 2.14 bits per heavy atom. The van der Waals surface area contributed by atoms with Gasteiger partial charge in [0.2, 0.25) is 0 Å². The van der Waals surface area contributed by atoms with Crippen LogP contribution in [0.25, 0.3) is 0 Å². The third-order valence-electron chi connectivity index (χ3n) is 3.29. The second-order valence-electron chi connectivity index (χ2n) is 5.07. The summed E-state index contributed by atoms with van der Waals surface area (Å²) in [6.07, 6.45) is 4.93. The Balaban J connectivity index is 0.00000220. The minimum absolute atomic E-state index is 0. The molecule has 0 aromatic carbocycles. The predicted octanol–water partition coefficient (Wildman–Crippen LogP) is 1.53. The zero-order valence-corrected chi connectivity index (χ0v) is 15.6. The van der Waals surface area contributed by atoms with Gasteiger partial charge in [-0.2, -0.15) is 11.8 Å². The van der Waals surface area contributed by atoms with Gasteiger partial charge in [0.15, 0.2) is 5.96 Å². The number of nitrogens with zero attached hydrogens (tertiary/aromatic N) is 2. The first-order valence-electron chi connectivity index (χ1n) is 7.15. The van der Waals surface area contributed by atoms with E-state index in [0.717, 1.165) is 43.5 Å². The van der Waals surface area contributed by atoms with Gasteiger partial charge < -0.3 is 20.3 Å². The average Bonchev–Trinajstić information content (AvgIpc) is 3.08. The van der Waals surface area contributed by atoms with E-state index >= 15 is 0 Å². The predicted molar refractivity (Wildman–Crippen MR) is 101 cm³/mol. The van der Waals surface area contributed by atoms with E-state index in [-0.39, 0.29) is 24.0 Å². The molecule has 1 aromatic rings. The number of guanidine groups is 1. The molecule has 120 valence electrons. The topological polar surface area (TPSA) is 61.6 Å². The highest BCUT2D eigenvalue weighted by Crippen LogP contribution is 2.27. The molecule has 3 N–H and O–H groups in total. The van der Waals surface area contributed by atoms with E-state index in [4.69, 9.17) is 0 Å². The number of halogens is 1. The molecule has 1 aliphatic heterocycles. The summed E-state index contributed by atoms with van der Waals surface area (Å²) in [5, 5.41) is 16.8. The fraction of sp³-hybridized carbons (Fsp3) is 0.643. The molecule has 0 saturated carbocycles. The van der Waals surface area contributed by atoms with Gasteiger partial charge in [-0.25, -0.2) is 0 Å². The van der Waals surface area contributed by atoms with Crippen molar-refractivity contribution < 1.29 is 5.11 Å². The van der Waals surface area contributed by atoms with Crippen molar-refractivity contribution in [3.63, 3.8) is 0 Å². The van der Waals surface area contributed by atoms with Crippen molar-refractivity contribution in [1.29, 1.82) is 0 Å². The minimum atomic E-state index is -0.618. The van der Waals surface area contributed by atoms with Crippen LogP contribution in [0.5, 0.6) is 0 Å². The highest BCUT2D eigenvalue weighted by molar-refractivity contribution is 14.0. The first-order chi connectivity index (χ1) is 9.72. The van der Waals surface area contributed by atoms with Crippen molar-refractivity contribution in [1.82, 2.24) is 15.2 Å². The number of thioether (sulfide) groups is 1. The Morgan fingerprint density at radius 1 is 1.38 bits per heavy atom. The van der Waals surface area contributed by atoms with Crippen LogP contribution in [0.3, 0.4) is 0 Å². The second kappa shape index (κ2) is 9.58. The summed E-state index contributed by atoms with van der Waals surface area (Å²) in [7, 11) is 0. The summed E-state index contributed by atoms with van der Waals surface area (Å²) in [5.74, 6) is 2.60. The quantitative estimate of drug-likeness (QED) is 0.368. The van der Waals surface area contributed by atoms with Crippen molar-refractivity contribution in [2.75, 3.05) is 31.1 Å². The lowest BCUT2D eigenvalue weighted by atomic mass is 10.1. The maximum atomic E-state index is 10.3. The molecule has 0 bridgehead atoms. The molecular weight excluding hydrogens is 399 g/mol. The van der Waals surface area contributed by atoms with Gasteiger partial charge in [0.05, 0.1) is 12.1 Å². The summed E-state index contributed by atoms with van der Waals surface area (Å²) < 4.78 is 2.12.